The molecule has 0 spiro atoms. The Morgan fingerprint density at radius 1 is 1.39 bits per heavy atom. The molecule has 1 aliphatic heterocycles. The number of benzene rings is 1. The summed E-state index contributed by atoms with van der Waals surface area (Å²) in [6, 6.07) is 6.20. The van der Waals surface area contributed by atoms with Crippen molar-refractivity contribution in [3.05, 3.63) is 29.3 Å². The normalized spacial score (nSPS) is 23.5. The van der Waals surface area contributed by atoms with Gasteiger partial charge in [0.25, 0.3) is 0 Å². The molecule has 2 atom stereocenters. The first kappa shape index (κ1) is 16.1. The summed E-state index contributed by atoms with van der Waals surface area (Å²) in [7, 11) is 1.69. The van der Waals surface area contributed by atoms with E-state index in [-0.39, 0.29) is 18.7 Å². The minimum atomic E-state index is -0.0396. The van der Waals surface area contributed by atoms with Crippen molar-refractivity contribution in [3.63, 3.8) is 0 Å². The van der Waals surface area contributed by atoms with Crippen LogP contribution in [0.15, 0.2) is 18.2 Å². The van der Waals surface area contributed by atoms with Gasteiger partial charge in [-0.25, -0.2) is 4.79 Å². The molecule has 1 aromatic rings. The van der Waals surface area contributed by atoms with Crippen LogP contribution in [0.4, 0.5) is 4.79 Å². The van der Waals surface area contributed by atoms with Crippen LogP contribution in [0, 0.1) is 0 Å². The Balaban J connectivity index is 1.62. The average molecular weight is 318 g/mol. The van der Waals surface area contributed by atoms with Gasteiger partial charge in [-0.3, -0.25) is 0 Å². The van der Waals surface area contributed by atoms with Gasteiger partial charge in [0.15, 0.2) is 0 Å². The van der Waals surface area contributed by atoms with E-state index in [9.17, 15) is 9.90 Å². The number of urea groups is 1. The number of carbonyl (C=O) groups excluding carboxylic acids is 1. The zero-order chi connectivity index (χ0) is 16.2. The number of hydrogen-bond acceptors (Lipinski definition) is 3. The molecular formula is C18H26N2O3. The number of carbonyl (C=O) groups is 1. The predicted octanol–water partition coefficient (Wildman–Crippen LogP) is 2.28. The number of ether oxygens (including phenoxy) is 1. The van der Waals surface area contributed by atoms with Gasteiger partial charge in [0.2, 0.25) is 0 Å². The van der Waals surface area contributed by atoms with Gasteiger partial charge in [0.1, 0.15) is 5.75 Å². The number of fused-ring (bicyclic) bond motifs is 1. The predicted molar refractivity (Wildman–Crippen MR) is 88.9 cm³/mol. The summed E-state index contributed by atoms with van der Waals surface area (Å²) < 4.78 is 5.31. The van der Waals surface area contributed by atoms with Gasteiger partial charge in [-0.1, -0.05) is 6.07 Å². The van der Waals surface area contributed by atoms with E-state index in [1.165, 1.54) is 11.1 Å². The third kappa shape index (κ3) is 3.44. The molecule has 5 heteroatoms. The molecule has 1 aliphatic carbocycles. The van der Waals surface area contributed by atoms with Gasteiger partial charge >= 0.3 is 6.03 Å². The van der Waals surface area contributed by atoms with Gasteiger partial charge in [0, 0.05) is 19.0 Å². The van der Waals surface area contributed by atoms with Crippen LogP contribution in [0.2, 0.25) is 0 Å². The van der Waals surface area contributed by atoms with Crippen molar-refractivity contribution in [3.8, 4) is 5.75 Å². The van der Waals surface area contributed by atoms with Crippen LogP contribution < -0.4 is 10.1 Å². The molecule has 0 bridgehead atoms. The van der Waals surface area contributed by atoms with Crippen LogP contribution in [0.25, 0.3) is 0 Å². The van der Waals surface area contributed by atoms with Crippen molar-refractivity contribution in [1.82, 2.24) is 10.2 Å². The molecule has 0 aromatic heterocycles. The van der Waals surface area contributed by atoms with Crippen LogP contribution >= 0.6 is 0 Å². The number of aliphatic hydroxyl groups is 1. The van der Waals surface area contributed by atoms with Crippen LogP contribution in [0.3, 0.4) is 0 Å². The van der Waals surface area contributed by atoms with Crippen molar-refractivity contribution in [1.29, 1.82) is 0 Å². The number of nitrogens with zero attached hydrogens (tertiary/aromatic N) is 1. The molecule has 1 aromatic carbocycles. The van der Waals surface area contributed by atoms with Gasteiger partial charge in [-0.05, 0) is 55.4 Å². The lowest BCUT2D eigenvalue weighted by molar-refractivity contribution is 0.156. The summed E-state index contributed by atoms with van der Waals surface area (Å²) in [6.45, 7) is 1.46. The monoisotopic (exact) mass is 318 g/mol. The zero-order valence-electron chi connectivity index (χ0n) is 13.8. The number of rotatable bonds is 4. The Labute approximate surface area is 137 Å². The van der Waals surface area contributed by atoms with Crippen molar-refractivity contribution in [2.24, 2.45) is 0 Å². The average Bonchev–Trinajstić information content (AvgIpc) is 3.07. The quantitative estimate of drug-likeness (QED) is 0.895. The molecule has 126 valence electrons. The van der Waals surface area contributed by atoms with E-state index < -0.39 is 0 Å². The third-order valence-electron chi connectivity index (χ3n) is 5.14. The van der Waals surface area contributed by atoms with E-state index in [0.717, 1.165) is 44.4 Å². The third-order valence-corrected chi connectivity index (χ3v) is 5.14. The van der Waals surface area contributed by atoms with E-state index in [1.807, 2.05) is 6.07 Å². The number of amides is 2. The smallest absolute Gasteiger partial charge is 0.317 e. The van der Waals surface area contributed by atoms with Crippen molar-refractivity contribution in [2.45, 2.75) is 44.1 Å². The Kier molecular flexibility index (Phi) is 5.06. The van der Waals surface area contributed by atoms with E-state index >= 15 is 0 Å². The second-order valence-corrected chi connectivity index (χ2v) is 6.51. The van der Waals surface area contributed by atoms with Crippen molar-refractivity contribution >= 4 is 6.03 Å². The fourth-order valence-electron chi connectivity index (χ4n) is 3.84. The number of nitrogens with one attached hydrogen (secondary N) is 1. The van der Waals surface area contributed by atoms with E-state index in [0.29, 0.717) is 12.5 Å². The Hall–Kier alpha value is -1.75. The maximum Gasteiger partial charge on any atom is 0.317 e. The molecular weight excluding hydrogens is 292 g/mol. The highest BCUT2D eigenvalue weighted by Gasteiger charge is 2.29. The molecule has 3 rings (SSSR count). The first-order chi connectivity index (χ1) is 11.2. The summed E-state index contributed by atoms with van der Waals surface area (Å²) in [6.07, 6.45) is 5.20. The molecule has 0 radical (unpaired) electrons. The maximum atomic E-state index is 12.4. The van der Waals surface area contributed by atoms with Crippen LogP contribution in [0.1, 0.15) is 42.7 Å². The molecule has 5 nitrogen and oxygen atoms in total. The van der Waals surface area contributed by atoms with E-state index in [4.69, 9.17) is 4.74 Å². The molecule has 2 N–H and O–H groups in total. The lowest BCUT2D eigenvalue weighted by atomic mass is 9.82. The molecule has 0 unspecified atom stereocenters. The second-order valence-electron chi connectivity index (χ2n) is 6.51. The van der Waals surface area contributed by atoms with Gasteiger partial charge < -0.3 is 20.1 Å². The zero-order valence-corrected chi connectivity index (χ0v) is 13.8. The number of hydrogen-bond donors (Lipinski definition) is 2. The minimum Gasteiger partial charge on any atom is -0.497 e. The molecule has 23 heavy (non-hydrogen) atoms. The Morgan fingerprint density at radius 3 is 3.04 bits per heavy atom. The second kappa shape index (κ2) is 7.21. The van der Waals surface area contributed by atoms with Crippen LogP contribution in [0.5, 0.6) is 5.75 Å². The summed E-state index contributed by atoms with van der Waals surface area (Å²) in [4.78, 5) is 14.1. The minimum absolute atomic E-state index is 0.0158. The fourth-order valence-corrected chi connectivity index (χ4v) is 3.84. The summed E-state index contributed by atoms with van der Waals surface area (Å²) >= 11 is 0. The fraction of sp³-hybridized carbons (Fsp3) is 0.611. The van der Waals surface area contributed by atoms with Gasteiger partial charge in [0.05, 0.1) is 19.8 Å². The number of methoxy groups -OCH3 is 1. The number of aliphatic hydroxyl groups excluding tert-OH is 1. The summed E-state index contributed by atoms with van der Waals surface area (Å²) in [5.41, 5.74) is 2.67. The maximum absolute atomic E-state index is 12.4. The molecule has 2 amide bonds. The molecule has 1 heterocycles. The van der Waals surface area contributed by atoms with Gasteiger partial charge in [-0.2, -0.15) is 0 Å². The highest BCUT2D eigenvalue weighted by atomic mass is 16.5. The Morgan fingerprint density at radius 2 is 2.26 bits per heavy atom. The molecule has 0 saturated carbocycles. The van der Waals surface area contributed by atoms with Crippen molar-refractivity contribution < 1.29 is 14.6 Å². The first-order valence-electron chi connectivity index (χ1n) is 8.55. The SMILES string of the molecule is COc1ccc2c(c1)CCC[C@@H]2CNC(=O)N1CCC[C@H]1CO. The standard InChI is InChI=1S/C18H26N2O3/c1-23-16-7-8-17-13(10-16)4-2-5-14(17)11-19-18(22)20-9-3-6-15(20)12-21/h7-8,10,14-15,21H,2-6,9,11-12H2,1H3,(H,19,22)/t14-,15+/m1/s1. The molecule has 1 saturated heterocycles. The van der Waals surface area contributed by atoms with E-state index in [1.54, 1.807) is 12.0 Å². The van der Waals surface area contributed by atoms with Crippen molar-refractivity contribution in [2.75, 3.05) is 26.8 Å². The molecule has 1 fully saturated rings. The summed E-state index contributed by atoms with van der Waals surface area (Å²) in [5.74, 6) is 1.26. The van der Waals surface area contributed by atoms with Gasteiger partial charge in [-0.15, -0.1) is 0 Å². The lowest BCUT2D eigenvalue weighted by Gasteiger charge is -2.28. The lowest BCUT2D eigenvalue weighted by Crippen LogP contribution is -2.45. The van der Waals surface area contributed by atoms with E-state index in [2.05, 4.69) is 17.4 Å². The van der Waals surface area contributed by atoms with Crippen LogP contribution in [-0.4, -0.2) is 48.9 Å². The first-order valence-corrected chi connectivity index (χ1v) is 8.55. The van der Waals surface area contributed by atoms with Crippen LogP contribution in [-0.2, 0) is 6.42 Å². The topological polar surface area (TPSA) is 61.8 Å². The summed E-state index contributed by atoms with van der Waals surface area (Å²) in [5, 5.41) is 12.4. The highest BCUT2D eigenvalue weighted by Crippen LogP contribution is 2.33. The highest BCUT2D eigenvalue weighted by molar-refractivity contribution is 5.75. The largest absolute Gasteiger partial charge is 0.497 e. The molecule has 2 aliphatic rings. The number of likely N-dealkylation sites (tertiary alicyclic amines) is 1. The Bertz CT molecular complexity index is 561. The number of aryl methyl sites for hydroxylation is 1.